The largest absolute Gasteiger partial charge is 0.399 e. The number of nitrogens with zero attached hydrogens (tertiary/aromatic N) is 2. The highest BCUT2D eigenvalue weighted by Gasteiger charge is 2.05. The van der Waals surface area contributed by atoms with Gasteiger partial charge in [0.15, 0.2) is 0 Å². The molecule has 0 amide bonds. The standard InChI is InChI=1S/C12H12BrN3O2/c1-15-3-2-11(17)16(12(15)18)7-8-4-9(13)6-10(14)5-8/h2-6H,7,14H2,1H3. The number of halogens is 1. The van der Waals surface area contributed by atoms with Crippen LogP contribution in [0.3, 0.4) is 0 Å². The van der Waals surface area contributed by atoms with E-state index in [2.05, 4.69) is 15.9 Å². The number of benzene rings is 1. The lowest BCUT2D eigenvalue weighted by Crippen LogP contribution is -2.38. The minimum atomic E-state index is -0.346. The van der Waals surface area contributed by atoms with Crippen LogP contribution in [0.25, 0.3) is 0 Å². The summed E-state index contributed by atoms with van der Waals surface area (Å²) in [5.41, 5.74) is 6.43. The second-order valence-corrected chi connectivity index (χ2v) is 4.94. The number of rotatable bonds is 2. The van der Waals surface area contributed by atoms with Crippen LogP contribution in [0.15, 0.2) is 44.5 Å². The van der Waals surface area contributed by atoms with Crippen molar-refractivity contribution in [3.8, 4) is 0 Å². The lowest BCUT2D eigenvalue weighted by atomic mass is 10.2. The minimum absolute atomic E-state index is 0.204. The molecule has 0 aliphatic heterocycles. The van der Waals surface area contributed by atoms with Crippen molar-refractivity contribution in [2.75, 3.05) is 5.73 Å². The molecule has 0 aliphatic carbocycles. The van der Waals surface area contributed by atoms with Crippen LogP contribution in [0.1, 0.15) is 5.56 Å². The number of aromatic nitrogens is 2. The lowest BCUT2D eigenvalue weighted by Gasteiger charge is -2.07. The predicted octanol–water partition coefficient (Wildman–Crippen LogP) is 0.940. The molecule has 6 heteroatoms. The number of hydrogen-bond acceptors (Lipinski definition) is 3. The van der Waals surface area contributed by atoms with Gasteiger partial charge < -0.3 is 10.3 Å². The highest BCUT2D eigenvalue weighted by Crippen LogP contribution is 2.17. The zero-order valence-electron chi connectivity index (χ0n) is 9.76. The second-order valence-electron chi connectivity index (χ2n) is 4.03. The van der Waals surface area contributed by atoms with Gasteiger partial charge in [-0.25, -0.2) is 4.79 Å². The average molecular weight is 310 g/mol. The summed E-state index contributed by atoms with van der Waals surface area (Å²) in [6, 6.07) is 6.69. The number of hydrogen-bond donors (Lipinski definition) is 1. The summed E-state index contributed by atoms with van der Waals surface area (Å²) in [7, 11) is 1.60. The molecule has 1 heterocycles. The Morgan fingerprint density at radius 2 is 2.00 bits per heavy atom. The molecule has 0 atom stereocenters. The summed E-state index contributed by atoms with van der Waals surface area (Å²) in [4.78, 5) is 23.5. The summed E-state index contributed by atoms with van der Waals surface area (Å²) in [6.45, 7) is 0.204. The molecule has 0 aliphatic rings. The third-order valence-electron chi connectivity index (χ3n) is 2.56. The second kappa shape index (κ2) is 4.81. The third kappa shape index (κ3) is 2.53. The maximum absolute atomic E-state index is 11.8. The van der Waals surface area contributed by atoms with E-state index in [9.17, 15) is 9.59 Å². The first-order valence-electron chi connectivity index (χ1n) is 5.29. The van der Waals surface area contributed by atoms with Gasteiger partial charge in [0.1, 0.15) is 0 Å². The Morgan fingerprint density at radius 1 is 1.28 bits per heavy atom. The number of aryl methyl sites for hydroxylation is 1. The van der Waals surface area contributed by atoms with Gasteiger partial charge in [0.2, 0.25) is 0 Å². The maximum Gasteiger partial charge on any atom is 0.331 e. The van der Waals surface area contributed by atoms with Gasteiger partial charge in [0, 0.05) is 29.5 Å². The highest BCUT2D eigenvalue weighted by molar-refractivity contribution is 9.10. The summed E-state index contributed by atoms with van der Waals surface area (Å²) < 4.78 is 3.35. The minimum Gasteiger partial charge on any atom is -0.399 e. The Morgan fingerprint density at radius 3 is 2.67 bits per heavy atom. The van der Waals surface area contributed by atoms with Crippen LogP contribution in [-0.4, -0.2) is 9.13 Å². The molecular formula is C12H12BrN3O2. The van der Waals surface area contributed by atoms with E-state index in [0.717, 1.165) is 10.0 Å². The van der Waals surface area contributed by atoms with Crippen molar-refractivity contribution in [1.29, 1.82) is 0 Å². The van der Waals surface area contributed by atoms with Gasteiger partial charge in [-0.2, -0.15) is 0 Å². The van der Waals surface area contributed by atoms with E-state index in [1.54, 1.807) is 19.2 Å². The van der Waals surface area contributed by atoms with Crippen LogP contribution in [0.2, 0.25) is 0 Å². The molecule has 2 N–H and O–H groups in total. The Hall–Kier alpha value is -1.82. The molecule has 0 saturated carbocycles. The number of nitrogen functional groups attached to an aromatic ring is 1. The van der Waals surface area contributed by atoms with Gasteiger partial charge in [-0.1, -0.05) is 15.9 Å². The fourth-order valence-electron chi connectivity index (χ4n) is 1.71. The van der Waals surface area contributed by atoms with Crippen LogP contribution >= 0.6 is 15.9 Å². The van der Waals surface area contributed by atoms with Crippen molar-refractivity contribution in [2.45, 2.75) is 6.54 Å². The first-order valence-corrected chi connectivity index (χ1v) is 6.08. The van der Waals surface area contributed by atoms with Crippen molar-refractivity contribution in [2.24, 2.45) is 7.05 Å². The van der Waals surface area contributed by atoms with E-state index in [1.165, 1.54) is 21.4 Å². The summed E-state index contributed by atoms with van der Waals surface area (Å²) in [6.07, 6.45) is 1.45. The van der Waals surface area contributed by atoms with Crippen molar-refractivity contribution in [1.82, 2.24) is 9.13 Å². The molecule has 94 valence electrons. The van der Waals surface area contributed by atoms with E-state index in [1.807, 2.05) is 6.07 Å². The monoisotopic (exact) mass is 309 g/mol. The van der Waals surface area contributed by atoms with E-state index >= 15 is 0 Å². The van der Waals surface area contributed by atoms with Crippen molar-refractivity contribution >= 4 is 21.6 Å². The highest BCUT2D eigenvalue weighted by atomic mass is 79.9. The fourth-order valence-corrected chi connectivity index (χ4v) is 2.27. The van der Waals surface area contributed by atoms with Crippen LogP contribution in [0.4, 0.5) is 5.69 Å². The molecule has 0 bridgehead atoms. The summed E-state index contributed by atoms with van der Waals surface area (Å²) >= 11 is 3.33. The molecule has 0 spiro atoms. The van der Waals surface area contributed by atoms with E-state index in [0.29, 0.717) is 5.69 Å². The third-order valence-corrected chi connectivity index (χ3v) is 3.02. The van der Waals surface area contributed by atoms with Crippen LogP contribution in [-0.2, 0) is 13.6 Å². The van der Waals surface area contributed by atoms with Crippen LogP contribution in [0.5, 0.6) is 0 Å². The number of nitrogens with two attached hydrogens (primary N) is 1. The first kappa shape index (κ1) is 12.6. The van der Waals surface area contributed by atoms with Gasteiger partial charge in [0.25, 0.3) is 5.56 Å². The smallest absolute Gasteiger partial charge is 0.331 e. The molecule has 5 nitrogen and oxygen atoms in total. The van der Waals surface area contributed by atoms with Crippen molar-refractivity contribution < 1.29 is 0 Å². The number of anilines is 1. The SMILES string of the molecule is Cn1ccc(=O)n(Cc2cc(N)cc(Br)c2)c1=O. The molecule has 0 fully saturated rings. The fraction of sp³-hybridized carbons (Fsp3) is 0.167. The summed E-state index contributed by atoms with van der Waals surface area (Å²) in [5.74, 6) is 0. The van der Waals surface area contributed by atoms with E-state index in [-0.39, 0.29) is 17.8 Å². The van der Waals surface area contributed by atoms with Gasteiger partial charge in [-0.15, -0.1) is 0 Å². The molecule has 18 heavy (non-hydrogen) atoms. The van der Waals surface area contributed by atoms with Gasteiger partial charge in [-0.3, -0.25) is 9.36 Å². The molecule has 1 aromatic heterocycles. The Balaban J connectivity index is 2.49. The molecule has 2 aromatic rings. The predicted molar refractivity (Wildman–Crippen MR) is 73.6 cm³/mol. The van der Waals surface area contributed by atoms with Crippen molar-refractivity contribution in [3.63, 3.8) is 0 Å². The maximum atomic E-state index is 11.8. The topological polar surface area (TPSA) is 70.0 Å². The van der Waals surface area contributed by atoms with Crippen LogP contribution in [0, 0.1) is 0 Å². The Kier molecular flexibility index (Phi) is 3.38. The molecule has 1 aromatic carbocycles. The van der Waals surface area contributed by atoms with Gasteiger partial charge in [0.05, 0.1) is 6.54 Å². The quantitative estimate of drug-likeness (QED) is 0.839. The lowest BCUT2D eigenvalue weighted by molar-refractivity contribution is 0.639. The van der Waals surface area contributed by atoms with Gasteiger partial charge >= 0.3 is 5.69 Å². The Bertz CT molecular complexity index is 683. The van der Waals surface area contributed by atoms with Gasteiger partial charge in [-0.05, 0) is 23.8 Å². The zero-order chi connectivity index (χ0) is 13.3. The van der Waals surface area contributed by atoms with Crippen molar-refractivity contribution in [3.05, 3.63) is 61.3 Å². The van der Waals surface area contributed by atoms with Crippen LogP contribution < -0.4 is 17.0 Å². The molecule has 2 rings (SSSR count). The normalized spacial score (nSPS) is 10.6. The molecule has 0 unspecified atom stereocenters. The molecule has 0 radical (unpaired) electrons. The zero-order valence-corrected chi connectivity index (χ0v) is 11.3. The first-order chi connectivity index (χ1) is 8.47. The molecule has 0 saturated heterocycles. The Labute approximate surface area is 112 Å². The summed E-state index contributed by atoms with van der Waals surface area (Å²) in [5, 5.41) is 0. The molecular weight excluding hydrogens is 298 g/mol. The van der Waals surface area contributed by atoms with E-state index < -0.39 is 0 Å². The van der Waals surface area contributed by atoms with E-state index in [4.69, 9.17) is 5.73 Å². The average Bonchev–Trinajstić information content (AvgIpc) is 2.28.